The van der Waals surface area contributed by atoms with Crippen LogP contribution in [-0.2, 0) is 19.4 Å². The minimum atomic E-state index is -3.97. The van der Waals surface area contributed by atoms with Gasteiger partial charge in [-0.15, -0.1) is 11.6 Å². The summed E-state index contributed by atoms with van der Waals surface area (Å²) in [5.74, 6) is -2.27. The van der Waals surface area contributed by atoms with Crippen LogP contribution in [0.1, 0.15) is 18.1 Å². The number of hydrogen-bond donors (Lipinski definition) is 3. The Balaban J connectivity index is 2.13. The third-order valence-corrected chi connectivity index (χ3v) is 6.52. The molecule has 2 aromatic rings. The van der Waals surface area contributed by atoms with Gasteiger partial charge in [0, 0.05) is 11.4 Å². The molecule has 0 spiro atoms. The standard InChI is InChI=1S/C20H23ClN2O5S/c1-13-4-5-16(10-14(13)2)23-19(25)20(3,26)12-29(27,28)17-8-6-15(7-9-17)22-18(24)11-21/h4-10,26H,11-12H2,1-3H3,(H,22,24)(H,23,25)/t20-/m1/s1. The van der Waals surface area contributed by atoms with Gasteiger partial charge in [-0.3, -0.25) is 9.59 Å². The van der Waals surface area contributed by atoms with Gasteiger partial charge in [0.25, 0.3) is 5.91 Å². The van der Waals surface area contributed by atoms with Gasteiger partial charge >= 0.3 is 0 Å². The van der Waals surface area contributed by atoms with E-state index >= 15 is 0 Å². The molecule has 0 saturated heterocycles. The molecule has 1 atom stereocenters. The number of hydrogen-bond acceptors (Lipinski definition) is 5. The van der Waals surface area contributed by atoms with Crippen molar-refractivity contribution in [1.82, 2.24) is 0 Å². The Morgan fingerprint density at radius 3 is 2.14 bits per heavy atom. The van der Waals surface area contributed by atoms with Gasteiger partial charge in [-0.2, -0.15) is 0 Å². The molecule has 0 unspecified atom stereocenters. The number of benzene rings is 2. The summed E-state index contributed by atoms with van der Waals surface area (Å²) in [6, 6.07) is 10.6. The van der Waals surface area contributed by atoms with E-state index in [4.69, 9.17) is 11.6 Å². The van der Waals surface area contributed by atoms with Crippen molar-refractivity contribution < 1.29 is 23.1 Å². The van der Waals surface area contributed by atoms with Gasteiger partial charge in [-0.25, -0.2) is 8.42 Å². The molecule has 2 rings (SSSR count). The maximum atomic E-state index is 12.6. The van der Waals surface area contributed by atoms with Crippen molar-refractivity contribution in [1.29, 1.82) is 0 Å². The largest absolute Gasteiger partial charge is 0.379 e. The zero-order chi connectivity index (χ0) is 21.8. The highest BCUT2D eigenvalue weighted by molar-refractivity contribution is 7.91. The van der Waals surface area contributed by atoms with E-state index in [1.54, 1.807) is 12.1 Å². The van der Waals surface area contributed by atoms with Crippen molar-refractivity contribution in [3.05, 3.63) is 53.6 Å². The highest BCUT2D eigenvalue weighted by Gasteiger charge is 2.36. The van der Waals surface area contributed by atoms with Gasteiger partial charge in [0.1, 0.15) is 5.88 Å². The lowest BCUT2D eigenvalue weighted by Crippen LogP contribution is -2.45. The second-order valence-corrected chi connectivity index (χ2v) is 9.25. The minimum absolute atomic E-state index is 0.0828. The zero-order valence-electron chi connectivity index (χ0n) is 16.3. The Bertz CT molecular complexity index is 1020. The number of sulfone groups is 1. The first-order valence-electron chi connectivity index (χ1n) is 8.74. The molecule has 0 bridgehead atoms. The van der Waals surface area contributed by atoms with Crippen molar-refractivity contribution in [2.24, 2.45) is 0 Å². The second kappa shape index (κ2) is 8.94. The molecule has 156 valence electrons. The molecule has 2 amide bonds. The van der Waals surface area contributed by atoms with Crippen LogP contribution in [0.5, 0.6) is 0 Å². The molecule has 0 fully saturated rings. The van der Waals surface area contributed by atoms with Gasteiger partial charge in [-0.05, 0) is 68.3 Å². The molecule has 0 saturated carbocycles. The number of rotatable bonds is 7. The molecule has 0 aromatic heterocycles. The van der Waals surface area contributed by atoms with Crippen LogP contribution in [0.3, 0.4) is 0 Å². The average molecular weight is 439 g/mol. The fraction of sp³-hybridized carbons (Fsp3) is 0.300. The molecule has 7 nitrogen and oxygen atoms in total. The summed E-state index contributed by atoms with van der Waals surface area (Å²) < 4.78 is 25.3. The fourth-order valence-electron chi connectivity index (χ4n) is 2.54. The van der Waals surface area contributed by atoms with E-state index in [0.29, 0.717) is 11.4 Å². The van der Waals surface area contributed by atoms with Crippen molar-refractivity contribution >= 4 is 44.6 Å². The van der Waals surface area contributed by atoms with E-state index in [1.807, 2.05) is 19.9 Å². The van der Waals surface area contributed by atoms with E-state index in [9.17, 15) is 23.1 Å². The number of anilines is 2. The molecular weight excluding hydrogens is 416 g/mol. The number of amides is 2. The Labute approximate surface area is 175 Å². The number of nitrogens with one attached hydrogen (secondary N) is 2. The molecule has 2 aromatic carbocycles. The summed E-state index contributed by atoms with van der Waals surface area (Å²) in [6.45, 7) is 4.96. The van der Waals surface area contributed by atoms with Crippen LogP contribution in [0, 0.1) is 13.8 Å². The summed E-state index contributed by atoms with van der Waals surface area (Å²) in [7, 11) is -3.97. The predicted molar refractivity (Wildman–Crippen MR) is 113 cm³/mol. The Morgan fingerprint density at radius 1 is 1.00 bits per heavy atom. The number of aryl methyl sites for hydroxylation is 2. The van der Waals surface area contributed by atoms with Crippen LogP contribution in [-0.4, -0.2) is 42.6 Å². The van der Waals surface area contributed by atoms with Crippen molar-refractivity contribution in [3.63, 3.8) is 0 Å². The van der Waals surface area contributed by atoms with Gasteiger partial charge in [0.15, 0.2) is 15.4 Å². The summed E-state index contributed by atoms with van der Waals surface area (Å²) in [5.41, 5.74) is 0.701. The maximum absolute atomic E-state index is 12.6. The molecule has 0 aliphatic heterocycles. The number of aliphatic hydroxyl groups is 1. The minimum Gasteiger partial charge on any atom is -0.379 e. The third kappa shape index (κ3) is 6.03. The van der Waals surface area contributed by atoms with E-state index in [2.05, 4.69) is 10.6 Å². The number of carbonyl (C=O) groups excluding carboxylic acids is 2. The van der Waals surface area contributed by atoms with Crippen LogP contribution in [0.4, 0.5) is 11.4 Å². The molecule has 3 N–H and O–H groups in total. The lowest BCUT2D eigenvalue weighted by molar-refractivity contribution is -0.130. The molecule has 9 heteroatoms. The monoisotopic (exact) mass is 438 g/mol. The van der Waals surface area contributed by atoms with Crippen LogP contribution in [0.15, 0.2) is 47.4 Å². The van der Waals surface area contributed by atoms with Crippen molar-refractivity contribution in [2.45, 2.75) is 31.3 Å². The lowest BCUT2D eigenvalue weighted by atomic mass is 10.1. The number of alkyl halides is 1. The van der Waals surface area contributed by atoms with Gasteiger partial charge < -0.3 is 15.7 Å². The highest BCUT2D eigenvalue weighted by atomic mass is 35.5. The Kier molecular flexibility index (Phi) is 7.05. The van der Waals surface area contributed by atoms with E-state index < -0.39 is 33.0 Å². The predicted octanol–water partition coefficient (Wildman–Crippen LogP) is 2.64. The highest BCUT2D eigenvalue weighted by Crippen LogP contribution is 2.21. The van der Waals surface area contributed by atoms with E-state index in [0.717, 1.165) is 18.1 Å². The average Bonchev–Trinajstić information content (AvgIpc) is 2.64. The fourth-order valence-corrected chi connectivity index (χ4v) is 4.20. The van der Waals surface area contributed by atoms with E-state index in [-0.39, 0.29) is 10.8 Å². The van der Waals surface area contributed by atoms with Gasteiger partial charge in [0.05, 0.1) is 10.6 Å². The zero-order valence-corrected chi connectivity index (χ0v) is 17.9. The first kappa shape index (κ1) is 22.9. The topological polar surface area (TPSA) is 113 Å². The molecule has 0 radical (unpaired) electrons. The molecule has 0 aliphatic carbocycles. The smallest absolute Gasteiger partial charge is 0.257 e. The maximum Gasteiger partial charge on any atom is 0.257 e. The third-order valence-electron chi connectivity index (χ3n) is 4.34. The summed E-state index contributed by atoms with van der Waals surface area (Å²) in [4.78, 5) is 23.7. The number of halogens is 1. The van der Waals surface area contributed by atoms with Crippen LogP contribution in [0.25, 0.3) is 0 Å². The van der Waals surface area contributed by atoms with Crippen LogP contribution < -0.4 is 10.6 Å². The van der Waals surface area contributed by atoms with Crippen LogP contribution in [0.2, 0.25) is 0 Å². The molecule has 0 aliphatic rings. The summed E-state index contributed by atoms with van der Waals surface area (Å²) in [6.07, 6.45) is 0. The van der Waals surface area contributed by atoms with Crippen molar-refractivity contribution in [2.75, 3.05) is 22.3 Å². The lowest BCUT2D eigenvalue weighted by Gasteiger charge is -2.22. The Hall–Kier alpha value is -2.42. The molecular formula is C20H23ClN2O5S. The number of carbonyl (C=O) groups is 2. The van der Waals surface area contributed by atoms with Crippen molar-refractivity contribution in [3.8, 4) is 0 Å². The summed E-state index contributed by atoms with van der Waals surface area (Å²) >= 11 is 5.41. The second-order valence-electron chi connectivity index (χ2n) is 6.99. The first-order valence-corrected chi connectivity index (χ1v) is 10.9. The quantitative estimate of drug-likeness (QED) is 0.575. The Morgan fingerprint density at radius 2 is 1.59 bits per heavy atom. The summed E-state index contributed by atoms with van der Waals surface area (Å²) in [5, 5.41) is 15.5. The van der Waals surface area contributed by atoms with Gasteiger partial charge in [0.2, 0.25) is 5.91 Å². The molecule has 0 heterocycles. The van der Waals surface area contributed by atoms with E-state index in [1.165, 1.54) is 24.3 Å². The van der Waals surface area contributed by atoms with Crippen LogP contribution >= 0.6 is 11.6 Å². The first-order chi connectivity index (χ1) is 13.4. The molecule has 29 heavy (non-hydrogen) atoms. The SMILES string of the molecule is Cc1ccc(NC(=O)[C@](C)(O)CS(=O)(=O)c2ccc(NC(=O)CCl)cc2)cc1C. The normalized spacial score (nSPS) is 13.4. The van der Waals surface area contributed by atoms with Gasteiger partial charge in [-0.1, -0.05) is 6.07 Å².